The molecule has 0 spiro atoms. The summed E-state index contributed by atoms with van der Waals surface area (Å²) in [5.74, 6) is 0.399. The number of thiophene rings is 1. The van der Waals surface area contributed by atoms with E-state index in [4.69, 9.17) is 0 Å². The lowest BCUT2D eigenvalue weighted by atomic mass is 9.72. The van der Waals surface area contributed by atoms with Crippen LogP contribution in [0.25, 0.3) is 6.08 Å². The van der Waals surface area contributed by atoms with Crippen LogP contribution in [0.1, 0.15) is 48.8 Å². The Labute approximate surface area is 173 Å². The Hall–Kier alpha value is -1.90. The fourth-order valence-electron chi connectivity index (χ4n) is 3.43. The van der Waals surface area contributed by atoms with E-state index in [9.17, 15) is 10.1 Å². The predicted molar refractivity (Wildman–Crippen MR) is 116 cm³/mol. The molecule has 5 heteroatoms. The molecule has 1 heterocycles. The summed E-state index contributed by atoms with van der Waals surface area (Å²) in [6.45, 7) is 6.82. The van der Waals surface area contributed by atoms with Crippen molar-refractivity contribution in [2.24, 2.45) is 11.3 Å². The Morgan fingerprint density at radius 1 is 1.33 bits per heavy atom. The van der Waals surface area contributed by atoms with Crippen LogP contribution in [0.5, 0.6) is 0 Å². The van der Waals surface area contributed by atoms with Gasteiger partial charge in [-0.2, -0.15) is 5.26 Å². The van der Waals surface area contributed by atoms with Crippen molar-refractivity contribution in [1.29, 1.82) is 5.26 Å². The summed E-state index contributed by atoms with van der Waals surface area (Å²) in [7, 11) is 0. The van der Waals surface area contributed by atoms with Gasteiger partial charge in [0.1, 0.15) is 11.1 Å². The van der Waals surface area contributed by atoms with Gasteiger partial charge >= 0.3 is 0 Å². The molecule has 1 atom stereocenters. The number of nitrogens with one attached hydrogen (secondary N) is 1. The van der Waals surface area contributed by atoms with Gasteiger partial charge in [0.15, 0.2) is 0 Å². The Bertz CT molecular complexity index is 914. The summed E-state index contributed by atoms with van der Waals surface area (Å²) >= 11 is 4.96. The molecule has 3 nitrogen and oxygen atoms in total. The zero-order valence-electron chi connectivity index (χ0n) is 15.8. The molecule has 0 bridgehead atoms. The van der Waals surface area contributed by atoms with E-state index in [0.717, 1.165) is 34.9 Å². The molecule has 0 aliphatic heterocycles. The molecule has 0 saturated carbocycles. The molecule has 140 valence electrons. The summed E-state index contributed by atoms with van der Waals surface area (Å²) in [5.41, 5.74) is 2.99. The van der Waals surface area contributed by atoms with E-state index in [1.807, 2.05) is 24.3 Å². The number of rotatable bonds is 3. The Balaban J connectivity index is 1.76. The highest BCUT2D eigenvalue weighted by atomic mass is 79.9. The van der Waals surface area contributed by atoms with Gasteiger partial charge in [0.25, 0.3) is 0 Å². The molecule has 1 aliphatic carbocycles. The van der Waals surface area contributed by atoms with E-state index >= 15 is 0 Å². The van der Waals surface area contributed by atoms with Crippen LogP contribution in [-0.4, -0.2) is 5.91 Å². The van der Waals surface area contributed by atoms with E-state index in [-0.39, 0.29) is 11.3 Å². The molecule has 27 heavy (non-hydrogen) atoms. The minimum absolute atomic E-state index is 0.208. The lowest BCUT2D eigenvalue weighted by Gasteiger charge is -2.33. The molecule has 2 aromatic rings. The number of halogens is 1. The van der Waals surface area contributed by atoms with Crippen molar-refractivity contribution in [3.05, 3.63) is 56.4 Å². The smallest absolute Gasteiger partial charge is 0.249 e. The molecule has 0 saturated heterocycles. The number of hydrogen-bond acceptors (Lipinski definition) is 3. The molecule has 0 unspecified atom stereocenters. The molecule has 1 aromatic heterocycles. The number of carbonyl (C=O) groups is 1. The standard InChI is InChI=1S/C22H23BrN2OS/c1-22(2,3)15-7-10-17-18(13-24)21(27-19(17)12-15)25-20(26)11-6-14-4-8-16(23)9-5-14/h4-6,8-9,11,15H,7,10,12H2,1-3H3,(H,25,26)/b11-6+/t15-/m1/s1. The average molecular weight is 443 g/mol. The van der Waals surface area contributed by atoms with Crippen molar-refractivity contribution in [3.8, 4) is 6.07 Å². The second-order valence-electron chi connectivity index (χ2n) is 8.00. The predicted octanol–water partition coefficient (Wildman–Crippen LogP) is 6.19. The van der Waals surface area contributed by atoms with Gasteiger partial charge in [-0.25, -0.2) is 0 Å². The Kier molecular flexibility index (Phi) is 5.88. The highest BCUT2D eigenvalue weighted by Crippen LogP contribution is 2.43. The van der Waals surface area contributed by atoms with Crippen molar-refractivity contribution >= 4 is 44.3 Å². The minimum atomic E-state index is -0.208. The van der Waals surface area contributed by atoms with Gasteiger partial charge in [-0.1, -0.05) is 48.8 Å². The van der Waals surface area contributed by atoms with Gasteiger partial charge in [0.05, 0.1) is 5.56 Å². The largest absolute Gasteiger partial charge is 0.313 e. The highest BCUT2D eigenvalue weighted by Gasteiger charge is 2.32. The van der Waals surface area contributed by atoms with Crippen LogP contribution in [-0.2, 0) is 17.6 Å². The van der Waals surface area contributed by atoms with Crippen molar-refractivity contribution in [2.45, 2.75) is 40.0 Å². The number of nitrogens with zero attached hydrogens (tertiary/aromatic N) is 1. The van der Waals surface area contributed by atoms with Crippen LogP contribution < -0.4 is 5.32 Å². The Morgan fingerprint density at radius 2 is 2.04 bits per heavy atom. The first-order chi connectivity index (χ1) is 12.8. The Morgan fingerprint density at radius 3 is 2.67 bits per heavy atom. The number of nitriles is 1. The summed E-state index contributed by atoms with van der Waals surface area (Å²) < 4.78 is 1.00. The molecule has 1 aliphatic rings. The number of benzene rings is 1. The quantitative estimate of drug-likeness (QED) is 0.576. The number of amides is 1. The lowest BCUT2D eigenvalue weighted by Crippen LogP contribution is -2.26. The third-order valence-corrected chi connectivity index (χ3v) is 6.83. The van der Waals surface area contributed by atoms with Crippen LogP contribution in [0.3, 0.4) is 0 Å². The average Bonchev–Trinajstić information content (AvgIpc) is 2.96. The SMILES string of the molecule is CC(C)(C)[C@@H]1CCc2c(sc(NC(=O)/C=C/c3ccc(Br)cc3)c2C#N)C1. The molecule has 0 radical (unpaired) electrons. The normalized spacial score (nSPS) is 16.8. The molecule has 0 fully saturated rings. The second kappa shape index (κ2) is 8.00. The molecule has 3 rings (SSSR count). The van der Waals surface area contributed by atoms with Crippen molar-refractivity contribution < 1.29 is 4.79 Å². The third kappa shape index (κ3) is 4.69. The maximum atomic E-state index is 12.3. The fraction of sp³-hybridized carbons (Fsp3) is 0.364. The maximum absolute atomic E-state index is 12.3. The van der Waals surface area contributed by atoms with Crippen LogP contribution in [0, 0.1) is 22.7 Å². The van der Waals surface area contributed by atoms with E-state index in [1.54, 1.807) is 17.4 Å². The zero-order valence-corrected chi connectivity index (χ0v) is 18.2. The van der Waals surface area contributed by atoms with E-state index in [1.165, 1.54) is 11.0 Å². The zero-order chi connectivity index (χ0) is 19.6. The fourth-order valence-corrected chi connectivity index (χ4v) is 4.98. The molecule has 1 aromatic carbocycles. The monoisotopic (exact) mass is 442 g/mol. The van der Waals surface area contributed by atoms with Crippen LogP contribution in [0.4, 0.5) is 5.00 Å². The van der Waals surface area contributed by atoms with Crippen molar-refractivity contribution in [2.75, 3.05) is 5.32 Å². The van der Waals surface area contributed by atoms with Crippen LogP contribution in [0.2, 0.25) is 0 Å². The molecular formula is C22H23BrN2OS. The summed E-state index contributed by atoms with van der Waals surface area (Å²) in [4.78, 5) is 13.6. The van der Waals surface area contributed by atoms with E-state index in [2.05, 4.69) is 48.1 Å². The summed E-state index contributed by atoms with van der Waals surface area (Å²) in [6, 6.07) is 10.0. The summed E-state index contributed by atoms with van der Waals surface area (Å²) in [5, 5.41) is 13.2. The first kappa shape index (κ1) is 19.9. The first-order valence-electron chi connectivity index (χ1n) is 9.07. The topological polar surface area (TPSA) is 52.9 Å². The molecular weight excluding hydrogens is 420 g/mol. The van der Waals surface area contributed by atoms with Gasteiger partial charge in [0, 0.05) is 15.4 Å². The summed E-state index contributed by atoms with van der Waals surface area (Å²) in [6.07, 6.45) is 6.29. The molecule has 1 amide bonds. The molecule has 1 N–H and O–H groups in total. The van der Waals surface area contributed by atoms with Crippen molar-refractivity contribution in [3.63, 3.8) is 0 Å². The number of hydrogen-bond donors (Lipinski definition) is 1. The van der Waals surface area contributed by atoms with Crippen LogP contribution in [0.15, 0.2) is 34.8 Å². The van der Waals surface area contributed by atoms with Crippen molar-refractivity contribution in [1.82, 2.24) is 0 Å². The highest BCUT2D eigenvalue weighted by molar-refractivity contribution is 9.10. The maximum Gasteiger partial charge on any atom is 0.249 e. The van der Waals surface area contributed by atoms with Gasteiger partial charge < -0.3 is 5.32 Å². The van der Waals surface area contributed by atoms with Crippen LogP contribution >= 0.6 is 27.3 Å². The lowest BCUT2D eigenvalue weighted by molar-refractivity contribution is -0.111. The van der Waals surface area contributed by atoms with Gasteiger partial charge in [0.2, 0.25) is 5.91 Å². The second-order valence-corrected chi connectivity index (χ2v) is 10.0. The number of carbonyl (C=O) groups excluding carboxylic acids is 1. The van der Waals surface area contributed by atoms with E-state index in [0.29, 0.717) is 16.5 Å². The first-order valence-corrected chi connectivity index (χ1v) is 10.7. The van der Waals surface area contributed by atoms with E-state index < -0.39 is 0 Å². The number of fused-ring (bicyclic) bond motifs is 1. The van der Waals surface area contributed by atoms with Gasteiger partial charge in [-0.05, 0) is 59.9 Å². The number of anilines is 1. The third-order valence-electron chi connectivity index (χ3n) is 5.14. The van der Waals surface area contributed by atoms with Gasteiger partial charge in [-0.15, -0.1) is 11.3 Å². The van der Waals surface area contributed by atoms with Gasteiger partial charge in [-0.3, -0.25) is 4.79 Å². The minimum Gasteiger partial charge on any atom is -0.313 e.